The predicted octanol–water partition coefficient (Wildman–Crippen LogP) is 2.07. The number of nitriles is 1. The summed E-state index contributed by atoms with van der Waals surface area (Å²) < 4.78 is 5.60. The van der Waals surface area contributed by atoms with Gasteiger partial charge in [0, 0.05) is 29.4 Å². The van der Waals surface area contributed by atoms with E-state index in [-0.39, 0.29) is 23.8 Å². The fraction of sp³-hybridized carbons (Fsp3) is 0.455. The lowest BCUT2D eigenvalue weighted by Gasteiger charge is -2.23. The van der Waals surface area contributed by atoms with Gasteiger partial charge in [0.2, 0.25) is 5.91 Å². The lowest BCUT2D eigenvalue weighted by Crippen LogP contribution is -2.42. The summed E-state index contributed by atoms with van der Waals surface area (Å²) in [5.41, 5.74) is 2.69. The molecule has 2 aromatic rings. The van der Waals surface area contributed by atoms with Gasteiger partial charge in [0.1, 0.15) is 6.04 Å². The molecule has 0 radical (unpaired) electrons. The third kappa shape index (κ3) is 3.22. The van der Waals surface area contributed by atoms with Crippen LogP contribution in [0.1, 0.15) is 28.8 Å². The molecule has 3 atom stereocenters. The molecule has 3 aliphatic rings. The number of nitrogens with one attached hydrogen (secondary N) is 1. The quantitative estimate of drug-likeness (QED) is 0.811. The molecule has 0 unspecified atom stereocenters. The Morgan fingerprint density at radius 2 is 2.30 bits per heavy atom. The van der Waals surface area contributed by atoms with Gasteiger partial charge in [0.15, 0.2) is 0 Å². The minimum atomic E-state index is -0.422. The average Bonchev–Trinajstić information content (AvgIpc) is 3.35. The fourth-order valence-electron chi connectivity index (χ4n) is 4.69. The summed E-state index contributed by atoms with van der Waals surface area (Å²) in [6.07, 6.45) is 3.75. The first-order chi connectivity index (χ1) is 14.6. The van der Waals surface area contributed by atoms with E-state index in [0.717, 1.165) is 37.0 Å². The maximum absolute atomic E-state index is 12.9. The average molecular weight is 423 g/mol. The molecule has 1 aliphatic carbocycles. The van der Waals surface area contributed by atoms with Crippen molar-refractivity contribution in [2.75, 3.05) is 31.4 Å². The van der Waals surface area contributed by atoms with E-state index in [4.69, 9.17) is 10.00 Å². The lowest BCUT2D eigenvalue weighted by atomic mass is 9.87. The molecule has 1 aromatic heterocycles. The van der Waals surface area contributed by atoms with Crippen molar-refractivity contribution in [2.24, 2.45) is 5.92 Å². The van der Waals surface area contributed by atoms with E-state index in [0.29, 0.717) is 23.1 Å². The Hall–Kier alpha value is -2.63. The van der Waals surface area contributed by atoms with Crippen molar-refractivity contribution in [3.8, 4) is 6.07 Å². The van der Waals surface area contributed by atoms with Gasteiger partial charge < -0.3 is 15.0 Å². The molecule has 1 saturated carbocycles. The van der Waals surface area contributed by atoms with E-state index in [2.05, 4.69) is 28.5 Å². The highest BCUT2D eigenvalue weighted by molar-refractivity contribution is 7.99. The number of aromatic nitrogens is 1. The number of benzene rings is 1. The topological polar surface area (TPSA) is 95.3 Å². The molecule has 2 aliphatic heterocycles. The van der Waals surface area contributed by atoms with Crippen LogP contribution in [-0.2, 0) is 14.9 Å². The summed E-state index contributed by atoms with van der Waals surface area (Å²) in [5, 5.41) is 12.7. The Labute approximate surface area is 178 Å². The number of pyridine rings is 1. The number of fused-ring (bicyclic) bond motifs is 2. The van der Waals surface area contributed by atoms with Crippen molar-refractivity contribution in [1.82, 2.24) is 15.2 Å². The largest absolute Gasteiger partial charge is 0.381 e. The van der Waals surface area contributed by atoms with E-state index < -0.39 is 6.04 Å². The van der Waals surface area contributed by atoms with Crippen molar-refractivity contribution < 1.29 is 14.3 Å². The summed E-state index contributed by atoms with van der Waals surface area (Å²) in [4.78, 5) is 31.3. The van der Waals surface area contributed by atoms with Crippen molar-refractivity contribution >= 4 is 34.5 Å². The SMILES string of the molecule is N#C[C@@H]1CSCN1C(=O)CNC(=O)c1ccnc2ccc([C@@]34CCOC[C@@H]3C4)cc12. The number of rotatable bonds is 4. The molecule has 3 heterocycles. The Bertz CT molecular complexity index is 1070. The first kappa shape index (κ1) is 19.3. The molecule has 5 rings (SSSR count). The third-order valence-corrected chi connectivity index (χ3v) is 7.57. The van der Waals surface area contributed by atoms with Crippen molar-refractivity contribution in [3.63, 3.8) is 0 Å². The van der Waals surface area contributed by atoms with Gasteiger partial charge in [-0.2, -0.15) is 5.26 Å². The van der Waals surface area contributed by atoms with Gasteiger partial charge in [0.05, 0.1) is 36.2 Å². The zero-order valence-electron chi connectivity index (χ0n) is 16.5. The molecule has 0 spiro atoms. The van der Waals surface area contributed by atoms with Crippen LogP contribution in [-0.4, -0.2) is 59.1 Å². The van der Waals surface area contributed by atoms with Crippen LogP contribution in [0.5, 0.6) is 0 Å². The maximum Gasteiger partial charge on any atom is 0.252 e. The molecule has 3 fully saturated rings. The molecule has 2 saturated heterocycles. The predicted molar refractivity (Wildman–Crippen MR) is 113 cm³/mol. The smallest absolute Gasteiger partial charge is 0.252 e. The number of carbonyl (C=O) groups is 2. The van der Waals surface area contributed by atoms with Gasteiger partial charge in [-0.1, -0.05) is 6.07 Å². The number of nitrogens with zero attached hydrogens (tertiary/aromatic N) is 3. The number of carbonyl (C=O) groups excluding carboxylic acids is 2. The minimum absolute atomic E-state index is 0.121. The second-order valence-corrected chi connectivity index (χ2v) is 9.16. The first-order valence-electron chi connectivity index (χ1n) is 10.1. The van der Waals surface area contributed by atoms with Crippen molar-refractivity contribution in [2.45, 2.75) is 24.3 Å². The molecule has 30 heavy (non-hydrogen) atoms. The molecular formula is C22H22N4O3S. The van der Waals surface area contributed by atoms with Crippen LogP contribution in [0.4, 0.5) is 0 Å². The van der Waals surface area contributed by atoms with Gasteiger partial charge in [-0.05, 0) is 42.5 Å². The van der Waals surface area contributed by atoms with Crippen molar-refractivity contribution in [3.05, 3.63) is 41.6 Å². The number of ether oxygens (including phenoxy) is 1. The Kier molecular flexibility index (Phi) is 4.88. The van der Waals surface area contributed by atoms with Gasteiger partial charge in [-0.15, -0.1) is 11.8 Å². The summed E-state index contributed by atoms with van der Waals surface area (Å²) in [7, 11) is 0. The van der Waals surface area contributed by atoms with Gasteiger partial charge in [-0.25, -0.2) is 0 Å². The van der Waals surface area contributed by atoms with E-state index in [1.165, 1.54) is 10.5 Å². The zero-order chi connectivity index (χ0) is 20.7. The molecular weight excluding hydrogens is 400 g/mol. The number of amides is 2. The first-order valence-corrected chi connectivity index (χ1v) is 11.3. The highest BCUT2D eigenvalue weighted by atomic mass is 32.2. The molecule has 0 bridgehead atoms. The maximum atomic E-state index is 12.9. The lowest BCUT2D eigenvalue weighted by molar-refractivity contribution is -0.129. The van der Waals surface area contributed by atoms with Crippen LogP contribution < -0.4 is 5.32 Å². The number of hydrogen-bond donors (Lipinski definition) is 1. The van der Waals surface area contributed by atoms with E-state index in [1.807, 2.05) is 6.07 Å². The standard InChI is InChI=1S/C22H22N4O3S/c23-9-16-12-30-13-26(16)20(27)10-25-21(28)17-3-5-24-19-2-1-14(7-18(17)19)22-4-6-29-11-15(22)8-22/h1-3,5,7,15-16H,4,6,8,10-13H2,(H,25,28)/t15-,16+,22-/m0/s1. The van der Waals surface area contributed by atoms with Crippen molar-refractivity contribution in [1.29, 1.82) is 5.26 Å². The second-order valence-electron chi connectivity index (χ2n) is 8.16. The molecule has 7 nitrogen and oxygen atoms in total. The van der Waals surface area contributed by atoms with Gasteiger partial charge in [0.25, 0.3) is 5.91 Å². The Morgan fingerprint density at radius 1 is 1.40 bits per heavy atom. The van der Waals surface area contributed by atoms with E-state index >= 15 is 0 Å². The molecule has 1 aromatic carbocycles. The minimum Gasteiger partial charge on any atom is -0.381 e. The van der Waals surface area contributed by atoms with Crippen LogP contribution in [0.15, 0.2) is 30.5 Å². The molecule has 2 amide bonds. The molecule has 154 valence electrons. The number of hydrogen-bond acceptors (Lipinski definition) is 6. The van der Waals surface area contributed by atoms with Crippen LogP contribution in [0.3, 0.4) is 0 Å². The summed E-state index contributed by atoms with van der Waals surface area (Å²) >= 11 is 1.55. The third-order valence-electron chi connectivity index (χ3n) is 6.56. The zero-order valence-corrected chi connectivity index (χ0v) is 17.3. The summed E-state index contributed by atoms with van der Waals surface area (Å²) in [5.74, 6) is 1.12. The van der Waals surface area contributed by atoms with Crippen LogP contribution >= 0.6 is 11.8 Å². The summed E-state index contributed by atoms with van der Waals surface area (Å²) in [6, 6.07) is 9.60. The summed E-state index contributed by atoms with van der Waals surface area (Å²) in [6.45, 7) is 1.46. The van der Waals surface area contributed by atoms with Crippen LogP contribution in [0.25, 0.3) is 10.9 Å². The van der Waals surface area contributed by atoms with Crippen LogP contribution in [0.2, 0.25) is 0 Å². The number of thioether (sulfide) groups is 1. The Balaban J connectivity index is 1.36. The van der Waals surface area contributed by atoms with E-state index in [1.54, 1.807) is 24.0 Å². The molecule has 8 heteroatoms. The Morgan fingerprint density at radius 3 is 3.13 bits per heavy atom. The normalized spacial score (nSPS) is 27.4. The highest BCUT2D eigenvalue weighted by Crippen LogP contribution is 2.59. The monoisotopic (exact) mass is 422 g/mol. The van der Waals surface area contributed by atoms with Gasteiger partial charge >= 0.3 is 0 Å². The second kappa shape index (κ2) is 7.56. The fourth-order valence-corrected chi connectivity index (χ4v) is 5.79. The van der Waals surface area contributed by atoms with E-state index in [9.17, 15) is 9.59 Å². The molecule has 1 N–H and O–H groups in total. The van der Waals surface area contributed by atoms with Gasteiger partial charge in [-0.3, -0.25) is 14.6 Å². The van der Waals surface area contributed by atoms with Crippen LogP contribution in [0, 0.1) is 17.2 Å². The highest BCUT2D eigenvalue weighted by Gasteiger charge is 2.56.